The monoisotopic (exact) mass is 419 g/mol. The van der Waals surface area contributed by atoms with Gasteiger partial charge in [-0.25, -0.2) is 0 Å². The molecule has 2 amide bonds. The topological polar surface area (TPSA) is 54.7 Å². The van der Waals surface area contributed by atoms with E-state index in [1.807, 2.05) is 44.2 Å². The number of aromatic nitrogens is 1. The third-order valence-corrected chi connectivity index (χ3v) is 7.84. The van der Waals surface area contributed by atoms with Gasteiger partial charge in [-0.05, 0) is 62.1 Å². The molecule has 1 saturated heterocycles. The summed E-state index contributed by atoms with van der Waals surface area (Å²) in [6.45, 7) is 3.99. The van der Waals surface area contributed by atoms with Gasteiger partial charge in [-0.15, -0.1) is 0 Å². The van der Waals surface area contributed by atoms with Crippen LogP contribution in [0, 0.1) is 49.4 Å². The van der Waals surface area contributed by atoms with Crippen molar-refractivity contribution in [2.24, 2.45) is 40.6 Å². The Morgan fingerprint density at radius 3 is 2.30 bits per heavy atom. The number of amides is 2. The van der Waals surface area contributed by atoms with Gasteiger partial charge < -0.3 is 4.57 Å². The minimum atomic E-state index is -0.219. The minimum absolute atomic E-state index is 0.133. The van der Waals surface area contributed by atoms with Gasteiger partial charge in [0.05, 0.1) is 28.8 Å². The molecule has 1 aliphatic heterocycles. The minimum Gasteiger partial charge on any atom is -0.316 e. The maximum atomic E-state index is 13.1. The van der Waals surface area contributed by atoms with Crippen LogP contribution in [-0.2, 0) is 9.59 Å². The summed E-state index contributed by atoms with van der Waals surface area (Å²) in [7, 11) is 0. The second kappa shape index (κ2) is 6.17. The largest absolute Gasteiger partial charge is 0.316 e. The first-order chi connectivity index (χ1) is 14.5. The fourth-order valence-electron chi connectivity index (χ4n) is 6.10. The molecule has 0 spiro atoms. The Balaban J connectivity index is 1.32. The zero-order chi connectivity index (χ0) is 20.7. The van der Waals surface area contributed by atoms with Gasteiger partial charge in [0, 0.05) is 17.0 Å². The Morgan fingerprint density at radius 2 is 1.67 bits per heavy atom. The molecule has 30 heavy (non-hydrogen) atoms. The molecule has 0 unspecified atom stereocenters. The summed E-state index contributed by atoms with van der Waals surface area (Å²) in [5.74, 6) is 0.913. The average molecular weight is 420 g/mol. The van der Waals surface area contributed by atoms with Crippen molar-refractivity contribution in [3.8, 4) is 5.69 Å². The normalized spacial score (nSPS) is 33.5. The summed E-state index contributed by atoms with van der Waals surface area (Å²) in [6, 6.07) is 9.68. The van der Waals surface area contributed by atoms with Crippen LogP contribution in [0.15, 0.2) is 47.6 Å². The number of hydrogen-bond donors (Lipinski definition) is 0. The highest BCUT2D eigenvalue weighted by atomic mass is 35.5. The lowest BCUT2D eigenvalue weighted by atomic mass is 9.63. The molecule has 152 valence electrons. The quantitative estimate of drug-likeness (QED) is 0.426. The van der Waals surface area contributed by atoms with Gasteiger partial charge in [0.2, 0.25) is 0 Å². The van der Waals surface area contributed by atoms with E-state index in [0.717, 1.165) is 34.1 Å². The number of allylic oxidation sites excluding steroid dienone is 2. The number of imide groups is 1. The number of carbonyl (C=O) groups is 2. The van der Waals surface area contributed by atoms with Crippen LogP contribution in [0.1, 0.15) is 23.4 Å². The van der Waals surface area contributed by atoms with Crippen molar-refractivity contribution in [1.82, 2.24) is 9.58 Å². The molecule has 0 N–H and O–H groups in total. The van der Waals surface area contributed by atoms with Gasteiger partial charge in [-0.2, -0.15) is 10.1 Å². The summed E-state index contributed by atoms with van der Waals surface area (Å²) in [6.07, 6.45) is 7.15. The molecular weight excluding hydrogens is 398 g/mol. The third kappa shape index (κ3) is 2.33. The first kappa shape index (κ1) is 18.1. The van der Waals surface area contributed by atoms with E-state index in [0.29, 0.717) is 16.9 Å². The second-order valence-electron chi connectivity index (χ2n) is 9.00. The van der Waals surface area contributed by atoms with Crippen LogP contribution >= 0.6 is 11.6 Å². The number of carbonyl (C=O) groups excluding carboxylic acids is 2. The van der Waals surface area contributed by atoms with Gasteiger partial charge in [-0.3, -0.25) is 9.59 Å². The van der Waals surface area contributed by atoms with E-state index in [1.165, 1.54) is 0 Å². The van der Waals surface area contributed by atoms with Gasteiger partial charge in [0.25, 0.3) is 11.8 Å². The van der Waals surface area contributed by atoms with Crippen LogP contribution in [0.2, 0.25) is 5.02 Å². The molecule has 1 aromatic carbocycles. The van der Waals surface area contributed by atoms with E-state index in [9.17, 15) is 9.59 Å². The molecule has 6 atom stereocenters. The highest BCUT2D eigenvalue weighted by Crippen LogP contribution is 2.65. The summed E-state index contributed by atoms with van der Waals surface area (Å²) in [4.78, 5) is 26.2. The first-order valence-electron chi connectivity index (χ1n) is 10.5. The Labute approximate surface area is 180 Å². The highest BCUT2D eigenvalue weighted by Gasteiger charge is 2.67. The molecule has 7 rings (SSSR count). The van der Waals surface area contributed by atoms with Crippen molar-refractivity contribution >= 4 is 29.6 Å². The van der Waals surface area contributed by atoms with Crippen molar-refractivity contribution in [1.29, 1.82) is 0 Å². The molecule has 5 aliphatic rings. The van der Waals surface area contributed by atoms with E-state index in [-0.39, 0.29) is 35.5 Å². The number of hydrogen-bond acceptors (Lipinski definition) is 3. The Kier molecular flexibility index (Phi) is 3.73. The van der Waals surface area contributed by atoms with Crippen molar-refractivity contribution in [2.45, 2.75) is 20.3 Å². The van der Waals surface area contributed by atoms with Crippen LogP contribution in [0.3, 0.4) is 0 Å². The summed E-state index contributed by atoms with van der Waals surface area (Å²) < 4.78 is 2.06. The number of rotatable bonds is 3. The lowest BCUT2D eigenvalue weighted by molar-refractivity contribution is -0.140. The molecule has 2 bridgehead atoms. The van der Waals surface area contributed by atoms with Crippen molar-refractivity contribution in [3.63, 3.8) is 0 Å². The van der Waals surface area contributed by atoms with Crippen LogP contribution in [0.25, 0.3) is 5.69 Å². The number of halogens is 1. The number of aryl methyl sites for hydroxylation is 1. The molecule has 0 radical (unpaired) electrons. The smallest absolute Gasteiger partial charge is 0.254 e. The molecular formula is C24H22ClN3O2. The average Bonchev–Trinajstić information content (AvgIpc) is 3.46. The van der Waals surface area contributed by atoms with Crippen LogP contribution in [-0.4, -0.2) is 27.6 Å². The lowest BCUT2D eigenvalue weighted by Crippen LogP contribution is -2.40. The Bertz CT molecular complexity index is 1130. The maximum Gasteiger partial charge on any atom is 0.254 e. The number of para-hydroxylation sites is 1. The summed E-state index contributed by atoms with van der Waals surface area (Å²) in [5.41, 5.74) is 3.74. The van der Waals surface area contributed by atoms with E-state index in [4.69, 9.17) is 11.6 Å². The van der Waals surface area contributed by atoms with Gasteiger partial charge in [0.15, 0.2) is 0 Å². The molecule has 3 fully saturated rings. The van der Waals surface area contributed by atoms with Gasteiger partial charge >= 0.3 is 0 Å². The molecule has 2 aromatic rings. The zero-order valence-electron chi connectivity index (χ0n) is 16.8. The molecule has 6 heteroatoms. The summed E-state index contributed by atoms with van der Waals surface area (Å²) in [5, 5.41) is 6.18. The Hall–Kier alpha value is -2.66. The molecule has 4 aliphatic carbocycles. The SMILES string of the molecule is Cc1cc(/C=N\N2C(=O)[C@@H]3[C@H]4C=C[C@@H]([C@@H]5C[C@H]45)[C@H]3C2=O)c(C)n1-c1ccccc1Cl. The number of hydrazone groups is 1. The van der Waals surface area contributed by atoms with Crippen molar-refractivity contribution < 1.29 is 9.59 Å². The van der Waals surface area contributed by atoms with Gasteiger partial charge in [0.1, 0.15) is 0 Å². The standard InChI is InChI=1S/C24H22ClN3O2/c1-12-9-14(13(2)27(12)20-6-4-3-5-19(20)25)11-26-28-23(29)21-15-7-8-16(18-10-17(15)18)22(21)24(28)30/h3-9,11,15-18,21-22H,10H2,1-2H3/b26-11-/t15-,16-,17-,18+,21+,22+/m0/s1. The van der Waals surface area contributed by atoms with Crippen LogP contribution in [0.5, 0.6) is 0 Å². The lowest BCUT2D eigenvalue weighted by Gasteiger charge is -2.37. The second-order valence-corrected chi connectivity index (χ2v) is 9.41. The van der Waals surface area contributed by atoms with E-state index < -0.39 is 0 Å². The van der Waals surface area contributed by atoms with Crippen molar-refractivity contribution in [3.05, 3.63) is 64.5 Å². The third-order valence-electron chi connectivity index (χ3n) is 7.52. The van der Waals surface area contributed by atoms with E-state index in [2.05, 4.69) is 21.8 Å². The van der Waals surface area contributed by atoms with Crippen molar-refractivity contribution in [2.75, 3.05) is 0 Å². The molecule has 2 saturated carbocycles. The maximum absolute atomic E-state index is 13.1. The van der Waals surface area contributed by atoms with E-state index in [1.54, 1.807) is 6.21 Å². The fraction of sp³-hybridized carbons (Fsp3) is 0.375. The number of benzene rings is 1. The molecule has 5 nitrogen and oxygen atoms in total. The number of nitrogens with zero attached hydrogens (tertiary/aromatic N) is 3. The van der Waals surface area contributed by atoms with Gasteiger partial charge in [-0.1, -0.05) is 35.9 Å². The van der Waals surface area contributed by atoms with E-state index >= 15 is 0 Å². The molecule has 1 aromatic heterocycles. The van der Waals surface area contributed by atoms with Crippen LogP contribution < -0.4 is 0 Å². The Morgan fingerprint density at radius 1 is 1.03 bits per heavy atom. The fourth-order valence-corrected chi connectivity index (χ4v) is 6.32. The summed E-state index contributed by atoms with van der Waals surface area (Å²) >= 11 is 6.39. The van der Waals surface area contributed by atoms with Crippen LogP contribution in [0.4, 0.5) is 0 Å². The zero-order valence-corrected chi connectivity index (χ0v) is 17.6. The molecule has 2 heterocycles. The highest BCUT2D eigenvalue weighted by molar-refractivity contribution is 6.32. The predicted octanol–water partition coefficient (Wildman–Crippen LogP) is 4.13. The first-order valence-corrected chi connectivity index (χ1v) is 10.9. The predicted molar refractivity (Wildman–Crippen MR) is 114 cm³/mol.